The molecule has 7 heteroatoms. The molecule has 196 valence electrons. The quantitative estimate of drug-likeness (QED) is 0.364. The molecule has 0 bridgehead atoms. The van der Waals surface area contributed by atoms with Crippen molar-refractivity contribution in [1.29, 1.82) is 0 Å². The molecule has 0 spiro atoms. The van der Waals surface area contributed by atoms with Gasteiger partial charge in [0, 0.05) is 18.2 Å². The molecule has 0 unspecified atom stereocenters. The maximum Gasteiger partial charge on any atom is 0.318 e. The first-order valence-electron chi connectivity index (χ1n) is 13.5. The molecule has 1 aliphatic rings. The Bertz CT molecular complexity index is 1180. The summed E-state index contributed by atoms with van der Waals surface area (Å²) in [6.07, 6.45) is 7.33. The molecule has 1 heterocycles. The van der Waals surface area contributed by atoms with Crippen LogP contribution in [0.25, 0.3) is 16.8 Å². The lowest BCUT2D eigenvalue weighted by Crippen LogP contribution is -2.48. The molecular formula is C30H39N5O2. The molecule has 0 aliphatic heterocycles. The number of amides is 3. The van der Waals surface area contributed by atoms with E-state index in [1.165, 1.54) is 6.42 Å². The van der Waals surface area contributed by atoms with Crippen LogP contribution < -0.4 is 10.6 Å². The van der Waals surface area contributed by atoms with E-state index >= 15 is 0 Å². The largest absolute Gasteiger partial charge is 0.335 e. The van der Waals surface area contributed by atoms with Crippen molar-refractivity contribution in [1.82, 2.24) is 20.0 Å². The van der Waals surface area contributed by atoms with Crippen molar-refractivity contribution in [2.24, 2.45) is 0 Å². The van der Waals surface area contributed by atoms with Gasteiger partial charge in [-0.1, -0.05) is 80.6 Å². The number of carbonyl (C=O) groups excluding carboxylic acids is 2. The molecule has 2 N–H and O–H groups in total. The highest BCUT2D eigenvalue weighted by atomic mass is 16.2. The van der Waals surface area contributed by atoms with Crippen LogP contribution in [-0.4, -0.2) is 45.8 Å². The van der Waals surface area contributed by atoms with E-state index in [1.54, 1.807) is 9.58 Å². The van der Waals surface area contributed by atoms with E-state index < -0.39 is 0 Å². The van der Waals surface area contributed by atoms with Gasteiger partial charge in [-0.05, 0) is 50.8 Å². The van der Waals surface area contributed by atoms with Crippen molar-refractivity contribution in [2.45, 2.75) is 71.8 Å². The van der Waals surface area contributed by atoms with E-state index in [9.17, 15) is 9.59 Å². The fourth-order valence-electron chi connectivity index (χ4n) is 4.93. The van der Waals surface area contributed by atoms with Crippen LogP contribution in [0, 0.1) is 13.8 Å². The lowest BCUT2D eigenvalue weighted by Gasteiger charge is -2.28. The van der Waals surface area contributed by atoms with E-state index in [2.05, 4.69) is 17.6 Å². The molecule has 7 nitrogen and oxygen atoms in total. The minimum Gasteiger partial charge on any atom is -0.335 e. The molecule has 0 radical (unpaired) electrons. The van der Waals surface area contributed by atoms with Gasteiger partial charge in [0.1, 0.15) is 12.4 Å². The fourth-order valence-corrected chi connectivity index (χ4v) is 4.93. The maximum atomic E-state index is 13.4. The average molecular weight is 502 g/mol. The maximum absolute atomic E-state index is 13.4. The van der Waals surface area contributed by atoms with Gasteiger partial charge in [-0.3, -0.25) is 4.79 Å². The Morgan fingerprint density at radius 3 is 2.38 bits per heavy atom. The Hall–Kier alpha value is -3.61. The van der Waals surface area contributed by atoms with Gasteiger partial charge in [0.2, 0.25) is 5.91 Å². The number of anilines is 1. The Balaban J connectivity index is 1.59. The number of aromatic nitrogens is 2. The zero-order valence-corrected chi connectivity index (χ0v) is 22.3. The van der Waals surface area contributed by atoms with E-state index in [1.807, 2.05) is 68.4 Å². The lowest BCUT2D eigenvalue weighted by atomic mass is 9.96. The summed E-state index contributed by atoms with van der Waals surface area (Å²) in [6.45, 7) is 6.62. The van der Waals surface area contributed by atoms with Gasteiger partial charge in [0.05, 0.1) is 11.4 Å². The number of unbranched alkanes of at least 4 members (excludes halogenated alkanes) is 1. The molecule has 37 heavy (non-hydrogen) atoms. The molecule has 1 fully saturated rings. The second kappa shape index (κ2) is 12.6. The van der Waals surface area contributed by atoms with E-state index in [0.717, 1.165) is 66.6 Å². The van der Waals surface area contributed by atoms with Crippen LogP contribution in [0.3, 0.4) is 0 Å². The third-order valence-electron chi connectivity index (χ3n) is 7.00. The van der Waals surface area contributed by atoms with E-state index in [-0.39, 0.29) is 24.5 Å². The molecule has 2 aromatic carbocycles. The zero-order chi connectivity index (χ0) is 26.2. The topological polar surface area (TPSA) is 79.3 Å². The number of nitrogens with one attached hydrogen (secondary N) is 2. The SMILES string of the molecule is CCCCN(CC(=O)Nc1c(-c2ccccc2)c(C)nn1-c1ccc(C)cc1)C(=O)NC1CCCCC1. The summed E-state index contributed by atoms with van der Waals surface area (Å²) in [5.74, 6) is 0.376. The molecule has 1 aromatic heterocycles. The van der Waals surface area contributed by atoms with Crippen LogP contribution in [0.2, 0.25) is 0 Å². The number of aryl methyl sites for hydroxylation is 2. The zero-order valence-electron chi connectivity index (χ0n) is 22.3. The first-order chi connectivity index (χ1) is 18.0. The lowest BCUT2D eigenvalue weighted by molar-refractivity contribution is -0.116. The molecule has 3 amide bonds. The van der Waals surface area contributed by atoms with Crippen molar-refractivity contribution in [3.05, 3.63) is 65.9 Å². The van der Waals surface area contributed by atoms with Crippen LogP contribution in [0.5, 0.6) is 0 Å². The smallest absolute Gasteiger partial charge is 0.318 e. The van der Waals surface area contributed by atoms with Gasteiger partial charge in [0.15, 0.2) is 0 Å². The highest BCUT2D eigenvalue weighted by molar-refractivity contribution is 5.97. The molecule has 3 aromatic rings. The Morgan fingerprint density at radius 2 is 1.70 bits per heavy atom. The van der Waals surface area contributed by atoms with Crippen molar-refractivity contribution in [3.8, 4) is 16.8 Å². The van der Waals surface area contributed by atoms with Gasteiger partial charge in [-0.15, -0.1) is 0 Å². The molecule has 0 saturated heterocycles. The fraction of sp³-hybridized carbons (Fsp3) is 0.433. The van der Waals surface area contributed by atoms with E-state index in [4.69, 9.17) is 5.10 Å². The highest BCUT2D eigenvalue weighted by Gasteiger charge is 2.24. The van der Waals surface area contributed by atoms with Crippen LogP contribution in [-0.2, 0) is 4.79 Å². The second-order valence-corrected chi connectivity index (χ2v) is 10.0. The number of carbonyl (C=O) groups is 2. The third kappa shape index (κ3) is 6.79. The Morgan fingerprint density at radius 1 is 1.00 bits per heavy atom. The molecular weight excluding hydrogens is 462 g/mol. The minimum atomic E-state index is -0.236. The Kier molecular flexibility index (Phi) is 8.99. The average Bonchev–Trinajstić information content (AvgIpc) is 3.23. The predicted molar refractivity (Wildman–Crippen MR) is 149 cm³/mol. The van der Waals surface area contributed by atoms with Crippen LogP contribution in [0.1, 0.15) is 63.1 Å². The van der Waals surface area contributed by atoms with Gasteiger partial charge < -0.3 is 15.5 Å². The number of benzene rings is 2. The number of nitrogens with zero attached hydrogens (tertiary/aromatic N) is 3. The monoisotopic (exact) mass is 501 g/mol. The first kappa shape index (κ1) is 26.5. The summed E-state index contributed by atoms with van der Waals surface area (Å²) in [5, 5.41) is 11.1. The summed E-state index contributed by atoms with van der Waals surface area (Å²) < 4.78 is 1.79. The van der Waals surface area contributed by atoms with Crippen molar-refractivity contribution < 1.29 is 9.59 Å². The van der Waals surface area contributed by atoms with Crippen LogP contribution in [0.4, 0.5) is 10.6 Å². The molecule has 4 rings (SSSR count). The predicted octanol–water partition coefficient (Wildman–Crippen LogP) is 6.24. The number of urea groups is 1. The van der Waals surface area contributed by atoms with Gasteiger partial charge in [-0.25, -0.2) is 9.48 Å². The number of hydrogen-bond acceptors (Lipinski definition) is 3. The Labute approximate surface area is 220 Å². The minimum absolute atomic E-state index is 0.00902. The van der Waals surface area contributed by atoms with Crippen LogP contribution in [0.15, 0.2) is 54.6 Å². The normalized spacial score (nSPS) is 13.8. The third-order valence-corrected chi connectivity index (χ3v) is 7.00. The summed E-state index contributed by atoms with van der Waals surface area (Å²) in [7, 11) is 0. The molecule has 1 saturated carbocycles. The summed E-state index contributed by atoms with van der Waals surface area (Å²) in [6, 6.07) is 18.1. The second-order valence-electron chi connectivity index (χ2n) is 10.0. The first-order valence-corrected chi connectivity index (χ1v) is 13.5. The number of rotatable bonds is 9. The van der Waals surface area contributed by atoms with Crippen molar-refractivity contribution >= 4 is 17.8 Å². The highest BCUT2D eigenvalue weighted by Crippen LogP contribution is 2.33. The standard InChI is InChI=1S/C30H39N5O2/c1-4-5-20-34(30(37)31-25-14-10-7-11-15-25)21-27(36)32-29-28(24-12-8-6-9-13-24)23(3)33-35(29)26-18-16-22(2)17-19-26/h6,8-9,12-13,16-19,25H,4-5,7,10-11,14-15,20-21H2,1-3H3,(H,31,37)(H,32,36). The summed E-state index contributed by atoms with van der Waals surface area (Å²) >= 11 is 0. The summed E-state index contributed by atoms with van der Waals surface area (Å²) in [4.78, 5) is 28.2. The van der Waals surface area contributed by atoms with Gasteiger partial charge in [-0.2, -0.15) is 5.10 Å². The van der Waals surface area contributed by atoms with Crippen molar-refractivity contribution in [2.75, 3.05) is 18.4 Å². The molecule has 0 atom stereocenters. The van der Waals surface area contributed by atoms with Gasteiger partial charge in [0.25, 0.3) is 0 Å². The van der Waals surface area contributed by atoms with Crippen LogP contribution >= 0.6 is 0 Å². The number of hydrogen-bond donors (Lipinski definition) is 2. The van der Waals surface area contributed by atoms with Gasteiger partial charge >= 0.3 is 6.03 Å². The van der Waals surface area contributed by atoms with Crippen molar-refractivity contribution in [3.63, 3.8) is 0 Å². The summed E-state index contributed by atoms with van der Waals surface area (Å²) in [5.41, 5.74) is 4.69. The molecule has 1 aliphatic carbocycles. The van der Waals surface area contributed by atoms with E-state index in [0.29, 0.717) is 12.4 Å².